The number of aromatic hydroxyl groups is 1. The first-order chi connectivity index (χ1) is 11.5. The van der Waals surface area contributed by atoms with Crippen molar-refractivity contribution in [3.8, 4) is 16.9 Å². The first kappa shape index (κ1) is 18.1. The summed E-state index contributed by atoms with van der Waals surface area (Å²) in [5, 5.41) is 9.87. The predicted molar refractivity (Wildman–Crippen MR) is 98.3 cm³/mol. The summed E-state index contributed by atoms with van der Waals surface area (Å²) in [7, 11) is 0. The molecule has 0 unspecified atom stereocenters. The molecule has 0 atom stereocenters. The van der Waals surface area contributed by atoms with Gasteiger partial charge in [0.25, 0.3) is 5.91 Å². The highest BCUT2D eigenvalue weighted by Crippen LogP contribution is 2.35. The van der Waals surface area contributed by atoms with Gasteiger partial charge in [0.15, 0.2) is 0 Å². The van der Waals surface area contributed by atoms with Gasteiger partial charge in [-0.2, -0.15) is 0 Å². The second-order valence-corrected chi connectivity index (χ2v) is 6.31. The summed E-state index contributed by atoms with van der Waals surface area (Å²) in [5.74, 6) is -0.208. The average molecular weight is 328 g/mol. The van der Waals surface area contributed by atoms with E-state index in [9.17, 15) is 9.90 Å². The summed E-state index contributed by atoms with van der Waals surface area (Å²) in [5.41, 5.74) is 10.1. The van der Waals surface area contributed by atoms with Crippen molar-refractivity contribution in [1.29, 1.82) is 0 Å². The van der Waals surface area contributed by atoms with Crippen molar-refractivity contribution in [2.75, 3.05) is 0 Å². The van der Waals surface area contributed by atoms with Crippen LogP contribution in [0.3, 0.4) is 0 Å². The number of rotatable bonds is 8. The molecule has 0 aliphatic rings. The number of hydrogen-bond acceptors (Lipinski definition) is 2. The zero-order valence-corrected chi connectivity index (χ0v) is 14.9. The van der Waals surface area contributed by atoms with Crippen molar-refractivity contribution in [1.82, 2.24) is 4.57 Å². The van der Waals surface area contributed by atoms with Crippen LogP contribution in [0.2, 0.25) is 0 Å². The van der Waals surface area contributed by atoms with Gasteiger partial charge in [-0.05, 0) is 43.9 Å². The van der Waals surface area contributed by atoms with Gasteiger partial charge in [0, 0.05) is 23.5 Å². The number of benzene rings is 1. The van der Waals surface area contributed by atoms with E-state index in [2.05, 4.69) is 18.4 Å². The normalized spacial score (nSPS) is 11.0. The third-order valence-electron chi connectivity index (χ3n) is 4.48. The van der Waals surface area contributed by atoms with Crippen LogP contribution >= 0.6 is 0 Å². The van der Waals surface area contributed by atoms with Gasteiger partial charge in [-0.3, -0.25) is 4.79 Å². The minimum atomic E-state index is -0.405. The molecule has 1 aromatic heterocycles. The molecule has 0 fully saturated rings. The molecule has 0 bridgehead atoms. The zero-order valence-electron chi connectivity index (χ0n) is 14.9. The fraction of sp³-hybridized carbons (Fsp3) is 0.450. The number of nitrogens with zero attached hydrogens (tertiary/aromatic N) is 1. The van der Waals surface area contributed by atoms with Crippen molar-refractivity contribution in [3.63, 3.8) is 0 Å². The zero-order chi connectivity index (χ0) is 17.7. The van der Waals surface area contributed by atoms with Crippen molar-refractivity contribution >= 4 is 5.91 Å². The smallest absolute Gasteiger partial charge is 0.251 e. The highest BCUT2D eigenvalue weighted by molar-refractivity contribution is 6.02. The van der Waals surface area contributed by atoms with E-state index >= 15 is 0 Å². The van der Waals surface area contributed by atoms with Crippen LogP contribution in [0.5, 0.6) is 5.75 Å². The first-order valence-corrected chi connectivity index (χ1v) is 8.82. The maximum atomic E-state index is 12.1. The first-order valence-electron chi connectivity index (χ1n) is 8.82. The number of phenols is 1. The summed E-state index contributed by atoms with van der Waals surface area (Å²) in [6, 6.07) is 7.08. The molecule has 4 nitrogen and oxygen atoms in total. The average Bonchev–Trinajstić information content (AvgIpc) is 2.81. The fourth-order valence-electron chi connectivity index (χ4n) is 3.40. The molecule has 0 saturated heterocycles. The Labute approximate surface area is 144 Å². The maximum absolute atomic E-state index is 12.1. The Morgan fingerprint density at radius 2 is 1.96 bits per heavy atom. The SMILES string of the molecule is CCCCCc1c(-c2cccc(O)c2)c(C(N)=O)c(C)n1CCC. The number of primary amides is 1. The van der Waals surface area contributed by atoms with Gasteiger partial charge in [-0.15, -0.1) is 0 Å². The number of carbonyl (C=O) groups is 1. The van der Waals surface area contributed by atoms with E-state index in [0.717, 1.165) is 61.2 Å². The van der Waals surface area contributed by atoms with Crippen LogP contribution < -0.4 is 5.73 Å². The molecule has 130 valence electrons. The van der Waals surface area contributed by atoms with Crippen LogP contribution in [0.25, 0.3) is 11.1 Å². The standard InChI is InChI=1S/C20H28N2O2/c1-4-6-7-11-17-19(15-9-8-10-16(23)13-15)18(20(21)24)14(3)22(17)12-5-2/h8-10,13,23H,4-7,11-12H2,1-3H3,(H2,21,24). The molecule has 1 heterocycles. The Morgan fingerprint density at radius 1 is 1.21 bits per heavy atom. The molecule has 3 N–H and O–H groups in total. The minimum absolute atomic E-state index is 0.198. The van der Waals surface area contributed by atoms with Gasteiger partial charge >= 0.3 is 0 Å². The second-order valence-electron chi connectivity index (χ2n) is 6.31. The molecule has 2 aromatic rings. The molecule has 0 aliphatic heterocycles. The van der Waals surface area contributed by atoms with Crippen LogP contribution in [0, 0.1) is 6.92 Å². The molecule has 0 saturated carbocycles. The predicted octanol–water partition coefficient (Wildman–Crippen LogP) is 4.41. The number of aromatic nitrogens is 1. The largest absolute Gasteiger partial charge is 0.508 e. The lowest BCUT2D eigenvalue weighted by molar-refractivity contribution is 0.1000. The number of carbonyl (C=O) groups excluding carboxylic acids is 1. The van der Waals surface area contributed by atoms with Gasteiger partial charge in [0.1, 0.15) is 5.75 Å². The summed E-state index contributed by atoms with van der Waals surface area (Å²) >= 11 is 0. The van der Waals surface area contributed by atoms with E-state index in [4.69, 9.17) is 5.73 Å². The van der Waals surface area contributed by atoms with E-state index in [1.165, 1.54) is 0 Å². The maximum Gasteiger partial charge on any atom is 0.251 e. The fourth-order valence-corrected chi connectivity index (χ4v) is 3.40. The molecule has 4 heteroatoms. The van der Waals surface area contributed by atoms with E-state index in [1.807, 2.05) is 13.0 Å². The van der Waals surface area contributed by atoms with E-state index in [1.54, 1.807) is 18.2 Å². The summed E-state index contributed by atoms with van der Waals surface area (Å²) in [6.07, 6.45) is 5.29. The highest BCUT2D eigenvalue weighted by atomic mass is 16.3. The lowest BCUT2D eigenvalue weighted by Gasteiger charge is -2.12. The van der Waals surface area contributed by atoms with E-state index in [-0.39, 0.29) is 5.75 Å². The molecular weight excluding hydrogens is 300 g/mol. The Balaban J connectivity index is 2.67. The number of nitrogens with two attached hydrogens (primary N) is 1. The van der Waals surface area contributed by atoms with Crippen LogP contribution in [0.15, 0.2) is 24.3 Å². The topological polar surface area (TPSA) is 68.2 Å². The molecule has 1 aromatic carbocycles. The summed E-state index contributed by atoms with van der Waals surface area (Å²) in [6.45, 7) is 7.15. The lowest BCUT2D eigenvalue weighted by atomic mass is 9.97. The van der Waals surface area contributed by atoms with Crippen LogP contribution in [-0.2, 0) is 13.0 Å². The van der Waals surface area contributed by atoms with Crippen molar-refractivity contribution in [2.24, 2.45) is 5.73 Å². The van der Waals surface area contributed by atoms with Crippen molar-refractivity contribution < 1.29 is 9.90 Å². The van der Waals surface area contributed by atoms with Crippen molar-refractivity contribution in [3.05, 3.63) is 41.2 Å². The quantitative estimate of drug-likeness (QED) is 0.705. The molecule has 0 radical (unpaired) electrons. The molecule has 0 spiro atoms. The number of phenolic OH excluding ortho intramolecular Hbond substituents is 1. The lowest BCUT2D eigenvalue weighted by Crippen LogP contribution is -2.13. The second kappa shape index (κ2) is 8.04. The van der Waals surface area contributed by atoms with Gasteiger partial charge < -0.3 is 15.4 Å². The Morgan fingerprint density at radius 3 is 2.54 bits per heavy atom. The number of hydrogen-bond donors (Lipinski definition) is 2. The molecule has 0 aliphatic carbocycles. The molecular formula is C20H28N2O2. The van der Waals surface area contributed by atoms with Crippen LogP contribution in [-0.4, -0.2) is 15.6 Å². The minimum Gasteiger partial charge on any atom is -0.508 e. The Hall–Kier alpha value is -2.23. The third-order valence-corrected chi connectivity index (χ3v) is 4.48. The van der Waals surface area contributed by atoms with Gasteiger partial charge in [0.2, 0.25) is 0 Å². The number of unbranched alkanes of at least 4 members (excludes halogenated alkanes) is 2. The Kier molecular flexibility index (Phi) is 6.07. The molecule has 2 rings (SSSR count). The monoisotopic (exact) mass is 328 g/mol. The van der Waals surface area contributed by atoms with Crippen molar-refractivity contribution in [2.45, 2.75) is 59.4 Å². The highest BCUT2D eigenvalue weighted by Gasteiger charge is 2.24. The molecule has 1 amide bonds. The van der Waals surface area contributed by atoms with Gasteiger partial charge in [0.05, 0.1) is 5.56 Å². The van der Waals surface area contributed by atoms with Gasteiger partial charge in [-0.25, -0.2) is 0 Å². The van der Waals surface area contributed by atoms with Gasteiger partial charge in [-0.1, -0.05) is 38.8 Å². The van der Waals surface area contributed by atoms with Crippen LogP contribution in [0.4, 0.5) is 0 Å². The van der Waals surface area contributed by atoms with E-state index < -0.39 is 5.91 Å². The summed E-state index contributed by atoms with van der Waals surface area (Å²) in [4.78, 5) is 12.1. The van der Waals surface area contributed by atoms with E-state index in [0.29, 0.717) is 5.56 Å². The number of amides is 1. The molecule has 24 heavy (non-hydrogen) atoms. The summed E-state index contributed by atoms with van der Waals surface area (Å²) < 4.78 is 2.23. The Bertz CT molecular complexity index is 717. The third kappa shape index (κ3) is 3.64. The van der Waals surface area contributed by atoms with Crippen LogP contribution in [0.1, 0.15) is 61.3 Å².